The molecule has 78 valence electrons. The summed E-state index contributed by atoms with van der Waals surface area (Å²) in [5, 5.41) is 0. The molecule has 1 unspecified atom stereocenters. The SMILES string of the molecule is C=CC(CCCC)COC(C)(C)C. The molecule has 0 aromatic rings. The maximum Gasteiger partial charge on any atom is 0.0598 e. The number of rotatable bonds is 6. The van der Waals surface area contributed by atoms with E-state index in [2.05, 4.69) is 34.3 Å². The Morgan fingerprint density at radius 3 is 2.38 bits per heavy atom. The van der Waals surface area contributed by atoms with Gasteiger partial charge in [-0.3, -0.25) is 0 Å². The Kier molecular flexibility index (Phi) is 6.06. The van der Waals surface area contributed by atoms with Gasteiger partial charge in [-0.1, -0.05) is 25.8 Å². The van der Waals surface area contributed by atoms with Gasteiger partial charge in [-0.2, -0.15) is 0 Å². The lowest BCUT2D eigenvalue weighted by atomic mass is 10.0. The van der Waals surface area contributed by atoms with Crippen molar-refractivity contribution in [2.45, 2.75) is 52.6 Å². The maximum absolute atomic E-state index is 5.71. The van der Waals surface area contributed by atoms with Crippen LogP contribution in [0, 0.1) is 5.92 Å². The summed E-state index contributed by atoms with van der Waals surface area (Å²) in [7, 11) is 0. The molecule has 0 aromatic carbocycles. The number of hydrogen-bond donors (Lipinski definition) is 0. The Bertz CT molecular complexity index is 133. The Morgan fingerprint density at radius 2 is 2.00 bits per heavy atom. The van der Waals surface area contributed by atoms with Crippen molar-refractivity contribution in [1.82, 2.24) is 0 Å². The van der Waals surface area contributed by atoms with Crippen molar-refractivity contribution in [3.8, 4) is 0 Å². The van der Waals surface area contributed by atoms with E-state index >= 15 is 0 Å². The first kappa shape index (κ1) is 12.7. The Hall–Kier alpha value is -0.300. The summed E-state index contributed by atoms with van der Waals surface area (Å²) in [6.07, 6.45) is 5.74. The molecule has 0 heterocycles. The third-order valence-electron chi connectivity index (χ3n) is 1.99. The predicted octanol–water partition coefficient (Wildman–Crippen LogP) is 3.79. The van der Waals surface area contributed by atoms with Crippen LogP contribution in [0.4, 0.5) is 0 Å². The van der Waals surface area contributed by atoms with E-state index in [4.69, 9.17) is 4.74 Å². The Morgan fingerprint density at radius 1 is 1.38 bits per heavy atom. The molecule has 0 aromatic heterocycles. The van der Waals surface area contributed by atoms with Gasteiger partial charge in [-0.05, 0) is 33.1 Å². The Labute approximate surface area is 83.2 Å². The lowest BCUT2D eigenvalue weighted by Crippen LogP contribution is -2.22. The number of hydrogen-bond acceptors (Lipinski definition) is 1. The molecule has 0 bridgehead atoms. The molecule has 0 aliphatic heterocycles. The van der Waals surface area contributed by atoms with E-state index in [1.165, 1.54) is 19.3 Å². The first-order chi connectivity index (χ1) is 5.99. The summed E-state index contributed by atoms with van der Waals surface area (Å²) < 4.78 is 5.71. The summed E-state index contributed by atoms with van der Waals surface area (Å²) in [6.45, 7) is 13.1. The highest BCUT2D eigenvalue weighted by molar-refractivity contribution is 4.79. The molecule has 13 heavy (non-hydrogen) atoms. The van der Waals surface area contributed by atoms with E-state index in [1.807, 2.05) is 6.08 Å². The minimum absolute atomic E-state index is 0.0204. The second-order valence-electron chi connectivity index (χ2n) is 4.56. The average molecular weight is 184 g/mol. The van der Waals surface area contributed by atoms with E-state index in [0.29, 0.717) is 5.92 Å². The minimum Gasteiger partial charge on any atom is -0.375 e. The molecule has 0 aliphatic carbocycles. The van der Waals surface area contributed by atoms with Crippen LogP contribution in [0.15, 0.2) is 12.7 Å². The van der Waals surface area contributed by atoms with Gasteiger partial charge < -0.3 is 4.74 Å². The summed E-state index contributed by atoms with van der Waals surface area (Å²) in [4.78, 5) is 0. The fourth-order valence-electron chi connectivity index (χ4n) is 1.09. The van der Waals surface area contributed by atoms with Crippen LogP contribution in [0.1, 0.15) is 47.0 Å². The van der Waals surface area contributed by atoms with Gasteiger partial charge >= 0.3 is 0 Å². The molecule has 0 spiro atoms. The van der Waals surface area contributed by atoms with Gasteiger partial charge in [-0.25, -0.2) is 0 Å². The number of ether oxygens (including phenoxy) is 1. The van der Waals surface area contributed by atoms with Crippen LogP contribution in [0.25, 0.3) is 0 Å². The van der Waals surface area contributed by atoms with Crippen molar-refractivity contribution in [1.29, 1.82) is 0 Å². The van der Waals surface area contributed by atoms with E-state index in [9.17, 15) is 0 Å². The predicted molar refractivity (Wildman–Crippen MR) is 58.9 cm³/mol. The van der Waals surface area contributed by atoms with Gasteiger partial charge in [0.2, 0.25) is 0 Å². The van der Waals surface area contributed by atoms with Crippen molar-refractivity contribution in [3.05, 3.63) is 12.7 Å². The molecule has 0 fully saturated rings. The lowest BCUT2D eigenvalue weighted by molar-refractivity contribution is -0.0164. The van der Waals surface area contributed by atoms with Crippen LogP contribution < -0.4 is 0 Å². The first-order valence-corrected chi connectivity index (χ1v) is 5.26. The standard InChI is InChI=1S/C12H24O/c1-6-8-9-11(7-2)10-13-12(3,4)5/h7,11H,2,6,8-10H2,1,3-5H3. The van der Waals surface area contributed by atoms with Crippen LogP contribution in [0.3, 0.4) is 0 Å². The van der Waals surface area contributed by atoms with Crippen molar-refractivity contribution in [2.24, 2.45) is 5.92 Å². The largest absolute Gasteiger partial charge is 0.375 e. The van der Waals surface area contributed by atoms with E-state index in [0.717, 1.165) is 6.61 Å². The van der Waals surface area contributed by atoms with Crippen LogP contribution in [-0.2, 0) is 4.74 Å². The van der Waals surface area contributed by atoms with E-state index < -0.39 is 0 Å². The topological polar surface area (TPSA) is 9.23 Å². The molecule has 0 radical (unpaired) electrons. The summed E-state index contributed by atoms with van der Waals surface area (Å²) in [5.41, 5.74) is -0.0204. The van der Waals surface area contributed by atoms with Crippen LogP contribution in [0.5, 0.6) is 0 Å². The number of unbranched alkanes of at least 4 members (excludes halogenated alkanes) is 1. The highest BCUT2D eigenvalue weighted by atomic mass is 16.5. The van der Waals surface area contributed by atoms with Crippen molar-refractivity contribution in [2.75, 3.05) is 6.61 Å². The van der Waals surface area contributed by atoms with Crippen molar-refractivity contribution >= 4 is 0 Å². The lowest BCUT2D eigenvalue weighted by Gasteiger charge is -2.22. The maximum atomic E-state index is 5.71. The third-order valence-corrected chi connectivity index (χ3v) is 1.99. The average Bonchev–Trinajstić information content (AvgIpc) is 2.03. The zero-order chi connectivity index (χ0) is 10.3. The monoisotopic (exact) mass is 184 g/mol. The smallest absolute Gasteiger partial charge is 0.0598 e. The molecular formula is C12H24O. The molecule has 1 nitrogen and oxygen atoms in total. The fourth-order valence-corrected chi connectivity index (χ4v) is 1.09. The molecule has 0 aliphatic rings. The van der Waals surface area contributed by atoms with Gasteiger partial charge in [0.1, 0.15) is 0 Å². The van der Waals surface area contributed by atoms with Gasteiger partial charge in [0.05, 0.1) is 12.2 Å². The Balaban J connectivity index is 3.65. The molecule has 0 saturated carbocycles. The van der Waals surface area contributed by atoms with Gasteiger partial charge in [0, 0.05) is 0 Å². The third kappa shape index (κ3) is 8.04. The molecule has 0 rings (SSSR count). The van der Waals surface area contributed by atoms with Gasteiger partial charge in [0.15, 0.2) is 0 Å². The van der Waals surface area contributed by atoms with Crippen molar-refractivity contribution < 1.29 is 4.74 Å². The molecule has 1 heteroatoms. The van der Waals surface area contributed by atoms with Crippen LogP contribution in [0.2, 0.25) is 0 Å². The quantitative estimate of drug-likeness (QED) is 0.571. The van der Waals surface area contributed by atoms with Crippen LogP contribution in [-0.4, -0.2) is 12.2 Å². The summed E-state index contributed by atoms with van der Waals surface area (Å²) in [5.74, 6) is 0.527. The van der Waals surface area contributed by atoms with Crippen molar-refractivity contribution in [3.63, 3.8) is 0 Å². The molecule has 1 atom stereocenters. The highest BCUT2D eigenvalue weighted by Gasteiger charge is 2.12. The summed E-state index contributed by atoms with van der Waals surface area (Å²) >= 11 is 0. The summed E-state index contributed by atoms with van der Waals surface area (Å²) in [6, 6.07) is 0. The normalized spacial score (nSPS) is 14.2. The zero-order valence-corrected chi connectivity index (χ0v) is 9.60. The van der Waals surface area contributed by atoms with Gasteiger partial charge in [-0.15, -0.1) is 6.58 Å². The van der Waals surface area contributed by atoms with Gasteiger partial charge in [0.25, 0.3) is 0 Å². The highest BCUT2D eigenvalue weighted by Crippen LogP contribution is 2.14. The van der Waals surface area contributed by atoms with Crippen LogP contribution >= 0.6 is 0 Å². The molecule has 0 saturated heterocycles. The second kappa shape index (κ2) is 6.20. The van der Waals surface area contributed by atoms with E-state index in [-0.39, 0.29) is 5.60 Å². The minimum atomic E-state index is -0.0204. The molecule has 0 amide bonds. The molecule has 0 N–H and O–H groups in total. The first-order valence-electron chi connectivity index (χ1n) is 5.26. The fraction of sp³-hybridized carbons (Fsp3) is 0.833. The van der Waals surface area contributed by atoms with E-state index in [1.54, 1.807) is 0 Å². The zero-order valence-electron chi connectivity index (χ0n) is 9.60. The molecular weight excluding hydrogens is 160 g/mol. The second-order valence-corrected chi connectivity index (χ2v) is 4.56.